The number of carbonyl (C=O) groups is 2. The van der Waals surface area contributed by atoms with Gasteiger partial charge in [0.05, 0.1) is 23.4 Å². The fraction of sp³-hybridized carbons (Fsp3) is 0.409. The number of carbonyl (C=O) groups excluding carboxylic acids is 1. The second kappa shape index (κ2) is 10.3. The Balaban J connectivity index is 1.53. The van der Waals surface area contributed by atoms with E-state index < -0.39 is 12.1 Å². The summed E-state index contributed by atoms with van der Waals surface area (Å²) in [5.74, 6) is -0.826. The van der Waals surface area contributed by atoms with Crippen LogP contribution in [0.5, 0.6) is 0 Å². The van der Waals surface area contributed by atoms with Gasteiger partial charge in [0.15, 0.2) is 0 Å². The van der Waals surface area contributed by atoms with Gasteiger partial charge < -0.3 is 15.1 Å². The highest BCUT2D eigenvalue weighted by molar-refractivity contribution is 7.13. The Hall–Kier alpha value is -2.51. The molecule has 1 fully saturated rings. The summed E-state index contributed by atoms with van der Waals surface area (Å²) < 4.78 is 0. The molecule has 29 heavy (non-hydrogen) atoms. The molecule has 1 aliphatic rings. The first kappa shape index (κ1) is 21.2. The number of hydrogen-bond donors (Lipinski definition) is 2. The smallest absolute Gasteiger partial charge is 0.347 e. The topological polar surface area (TPSA) is 90.7 Å². The Morgan fingerprint density at radius 1 is 1.34 bits per heavy atom. The molecule has 2 aromatic rings. The fourth-order valence-corrected chi connectivity index (χ4v) is 4.34. The average molecular weight is 415 g/mol. The number of aryl methyl sites for hydroxylation is 1. The summed E-state index contributed by atoms with van der Waals surface area (Å²) in [4.78, 5) is 29.6. The van der Waals surface area contributed by atoms with Crippen molar-refractivity contribution in [2.24, 2.45) is 0 Å². The highest BCUT2D eigenvalue weighted by atomic mass is 32.1. The number of rotatable bonds is 9. The van der Waals surface area contributed by atoms with E-state index in [1.54, 1.807) is 6.08 Å². The minimum absolute atomic E-state index is 0.00690. The molecule has 6 nitrogen and oxygen atoms in total. The van der Waals surface area contributed by atoms with Gasteiger partial charge in [-0.05, 0) is 24.8 Å². The predicted octanol–water partition coefficient (Wildman–Crippen LogP) is 3.31. The van der Waals surface area contributed by atoms with E-state index in [9.17, 15) is 14.7 Å². The maximum atomic E-state index is 12.4. The first-order chi connectivity index (χ1) is 14.0. The molecule has 2 N–H and O–H groups in total. The molecule has 0 aliphatic carbocycles. The number of aromatic carboxylic acids is 1. The van der Waals surface area contributed by atoms with E-state index in [0.717, 1.165) is 29.8 Å². The Morgan fingerprint density at radius 2 is 2.14 bits per heavy atom. The lowest BCUT2D eigenvalue weighted by molar-refractivity contribution is -0.135. The molecule has 0 radical (unpaired) electrons. The van der Waals surface area contributed by atoms with Crippen molar-refractivity contribution in [2.45, 2.75) is 50.7 Å². The van der Waals surface area contributed by atoms with Gasteiger partial charge in [0.25, 0.3) is 0 Å². The quantitative estimate of drug-likeness (QED) is 0.615. The van der Waals surface area contributed by atoms with Crippen LogP contribution in [0.25, 0.3) is 0 Å². The van der Waals surface area contributed by atoms with Gasteiger partial charge >= 0.3 is 5.97 Å². The third-order valence-electron chi connectivity index (χ3n) is 5.01. The van der Waals surface area contributed by atoms with Crippen molar-refractivity contribution >= 4 is 23.2 Å². The third-order valence-corrected chi connectivity index (χ3v) is 6.05. The number of thiazole rings is 1. The molecule has 1 aromatic carbocycles. The Labute approximate surface area is 174 Å². The SMILES string of the molecule is O=C(O)c1cnc(CCCN2C(=O)CCC[C@@H]2C=C[C@@H](O)Cc2ccccc2)s1. The zero-order valence-corrected chi connectivity index (χ0v) is 17.1. The number of aliphatic hydroxyl groups is 1. The van der Waals surface area contributed by atoms with Crippen LogP contribution in [0.3, 0.4) is 0 Å². The number of piperidine rings is 1. The molecule has 0 spiro atoms. The van der Waals surface area contributed by atoms with E-state index in [2.05, 4.69) is 4.98 Å². The zero-order chi connectivity index (χ0) is 20.6. The standard InChI is InChI=1S/C22H26N2O4S/c25-18(14-16-6-2-1-3-7-16)12-11-17-8-4-10-21(26)24(17)13-5-9-20-23-15-19(29-20)22(27)28/h1-3,6-7,11-12,15,17-18,25H,4-5,8-10,13-14H2,(H,27,28)/t17-,18-/m1/s1. The second-order valence-electron chi connectivity index (χ2n) is 7.22. The van der Waals surface area contributed by atoms with Crippen LogP contribution in [0, 0.1) is 0 Å². The molecule has 7 heteroatoms. The van der Waals surface area contributed by atoms with E-state index >= 15 is 0 Å². The molecule has 1 aromatic heterocycles. The number of carboxylic acids is 1. The minimum atomic E-state index is -0.959. The van der Waals surface area contributed by atoms with Gasteiger partial charge in [-0.3, -0.25) is 4.79 Å². The number of hydrogen-bond acceptors (Lipinski definition) is 5. The molecule has 0 unspecified atom stereocenters. The normalized spacial score (nSPS) is 18.3. The fourth-order valence-electron chi connectivity index (χ4n) is 3.54. The van der Waals surface area contributed by atoms with Crippen molar-refractivity contribution in [3.8, 4) is 0 Å². The molecular weight excluding hydrogens is 388 g/mol. The molecule has 154 valence electrons. The number of aliphatic hydroxyl groups excluding tert-OH is 1. The highest BCUT2D eigenvalue weighted by Crippen LogP contribution is 2.21. The maximum absolute atomic E-state index is 12.4. The third kappa shape index (κ3) is 6.24. The molecule has 2 atom stereocenters. The molecule has 1 aliphatic heterocycles. The van der Waals surface area contributed by atoms with Crippen molar-refractivity contribution in [1.82, 2.24) is 9.88 Å². The summed E-state index contributed by atoms with van der Waals surface area (Å²) in [6.45, 7) is 0.602. The van der Waals surface area contributed by atoms with E-state index in [1.165, 1.54) is 17.5 Å². The van der Waals surface area contributed by atoms with Crippen LogP contribution < -0.4 is 0 Å². The first-order valence-electron chi connectivity index (χ1n) is 9.90. The summed E-state index contributed by atoms with van der Waals surface area (Å²) in [6, 6.07) is 9.83. The molecule has 3 rings (SSSR count). The van der Waals surface area contributed by atoms with Crippen LogP contribution in [-0.4, -0.2) is 50.7 Å². The molecule has 1 amide bonds. The van der Waals surface area contributed by atoms with Crippen LogP contribution >= 0.6 is 11.3 Å². The van der Waals surface area contributed by atoms with Crippen molar-refractivity contribution in [2.75, 3.05) is 6.54 Å². The van der Waals surface area contributed by atoms with Crippen LogP contribution in [-0.2, 0) is 17.6 Å². The van der Waals surface area contributed by atoms with Gasteiger partial charge in [0.2, 0.25) is 5.91 Å². The lowest BCUT2D eigenvalue weighted by atomic mass is 9.99. The molecule has 2 heterocycles. The number of likely N-dealkylation sites (tertiary alicyclic amines) is 1. The largest absolute Gasteiger partial charge is 0.477 e. The second-order valence-corrected chi connectivity index (χ2v) is 8.33. The van der Waals surface area contributed by atoms with Gasteiger partial charge in [-0.15, -0.1) is 11.3 Å². The first-order valence-corrected chi connectivity index (χ1v) is 10.7. The van der Waals surface area contributed by atoms with Crippen LogP contribution in [0.2, 0.25) is 0 Å². The number of aromatic nitrogens is 1. The van der Waals surface area contributed by atoms with Gasteiger partial charge in [-0.25, -0.2) is 9.78 Å². The van der Waals surface area contributed by atoms with Crippen molar-refractivity contribution in [3.63, 3.8) is 0 Å². The number of nitrogens with zero attached hydrogens (tertiary/aromatic N) is 2. The highest BCUT2D eigenvalue weighted by Gasteiger charge is 2.26. The summed E-state index contributed by atoms with van der Waals surface area (Å²) in [7, 11) is 0. The maximum Gasteiger partial charge on any atom is 0.347 e. The van der Waals surface area contributed by atoms with E-state index in [4.69, 9.17) is 5.11 Å². The summed E-state index contributed by atoms with van der Waals surface area (Å²) >= 11 is 1.18. The summed E-state index contributed by atoms with van der Waals surface area (Å²) in [6.07, 6.45) is 8.78. The summed E-state index contributed by atoms with van der Waals surface area (Å²) in [5, 5.41) is 20.1. The van der Waals surface area contributed by atoms with Crippen molar-refractivity contribution in [3.05, 3.63) is 64.1 Å². The molecular formula is C22H26N2O4S. The van der Waals surface area contributed by atoms with E-state index in [0.29, 0.717) is 25.8 Å². The lowest BCUT2D eigenvalue weighted by Crippen LogP contribution is -2.43. The number of amides is 1. The van der Waals surface area contributed by atoms with E-state index in [-0.39, 0.29) is 16.8 Å². The average Bonchev–Trinajstić information content (AvgIpc) is 3.18. The van der Waals surface area contributed by atoms with Crippen LogP contribution in [0.1, 0.15) is 45.9 Å². The van der Waals surface area contributed by atoms with Gasteiger partial charge in [0.1, 0.15) is 4.88 Å². The monoisotopic (exact) mass is 414 g/mol. The van der Waals surface area contributed by atoms with Gasteiger partial charge in [-0.1, -0.05) is 42.5 Å². The summed E-state index contributed by atoms with van der Waals surface area (Å²) in [5.41, 5.74) is 1.07. The van der Waals surface area contributed by atoms with Crippen molar-refractivity contribution in [1.29, 1.82) is 0 Å². The Kier molecular flexibility index (Phi) is 7.55. The number of carboxylic acid groups (broad SMARTS) is 1. The van der Waals surface area contributed by atoms with Gasteiger partial charge in [0, 0.05) is 25.8 Å². The minimum Gasteiger partial charge on any atom is -0.477 e. The predicted molar refractivity (Wildman–Crippen MR) is 112 cm³/mol. The lowest BCUT2D eigenvalue weighted by Gasteiger charge is -2.34. The molecule has 0 bridgehead atoms. The Morgan fingerprint density at radius 3 is 2.86 bits per heavy atom. The molecule has 1 saturated heterocycles. The van der Waals surface area contributed by atoms with Crippen LogP contribution in [0.15, 0.2) is 48.7 Å². The Bertz CT molecular complexity index is 850. The van der Waals surface area contributed by atoms with Gasteiger partial charge in [-0.2, -0.15) is 0 Å². The van der Waals surface area contributed by atoms with E-state index in [1.807, 2.05) is 41.3 Å². The zero-order valence-electron chi connectivity index (χ0n) is 16.2. The van der Waals surface area contributed by atoms with Crippen LogP contribution in [0.4, 0.5) is 0 Å². The molecule has 0 saturated carbocycles. The van der Waals surface area contributed by atoms with Crippen molar-refractivity contribution < 1.29 is 19.8 Å². The number of benzene rings is 1.